The molecule has 0 aromatic carbocycles. The van der Waals surface area contributed by atoms with Crippen molar-refractivity contribution in [3.63, 3.8) is 0 Å². The highest BCUT2D eigenvalue weighted by Crippen LogP contribution is 2.26. The van der Waals surface area contributed by atoms with Crippen LogP contribution in [-0.4, -0.2) is 22.1 Å². The van der Waals surface area contributed by atoms with Crippen molar-refractivity contribution in [3.05, 3.63) is 18.0 Å². The number of carbonyl (C=O) groups is 1. The maximum atomic E-state index is 11.8. The minimum Gasteiger partial charge on any atom is -0.349 e. The van der Waals surface area contributed by atoms with Crippen LogP contribution in [0.25, 0.3) is 0 Å². The highest BCUT2D eigenvalue weighted by atomic mass is 16.1. The molecule has 1 atom stereocenters. The second-order valence-corrected chi connectivity index (χ2v) is 4.65. The van der Waals surface area contributed by atoms with Crippen LogP contribution in [0.1, 0.15) is 49.4 Å². The van der Waals surface area contributed by atoms with E-state index in [1.165, 1.54) is 32.1 Å². The average Bonchev–Trinajstić information content (AvgIpc) is 2.83. The van der Waals surface area contributed by atoms with Gasteiger partial charge in [-0.05, 0) is 25.7 Å². The maximum Gasteiger partial charge on any atom is 0.254 e. The van der Waals surface area contributed by atoms with Gasteiger partial charge < -0.3 is 5.32 Å². The molecule has 1 heterocycles. The van der Waals surface area contributed by atoms with E-state index in [-0.39, 0.29) is 11.9 Å². The summed E-state index contributed by atoms with van der Waals surface area (Å²) in [5, 5.41) is 9.48. The first-order valence-electron chi connectivity index (χ1n) is 6.07. The Balaban J connectivity index is 1.86. The Morgan fingerprint density at radius 1 is 1.50 bits per heavy atom. The molecule has 1 saturated carbocycles. The van der Waals surface area contributed by atoms with Crippen LogP contribution < -0.4 is 5.32 Å². The number of hydrogen-bond acceptors (Lipinski definition) is 2. The van der Waals surface area contributed by atoms with E-state index in [2.05, 4.69) is 22.4 Å². The first-order chi connectivity index (χ1) is 7.77. The first kappa shape index (κ1) is 11.2. The third kappa shape index (κ3) is 2.62. The lowest BCUT2D eigenvalue weighted by Gasteiger charge is -2.28. The van der Waals surface area contributed by atoms with Crippen LogP contribution in [0.3, 0.4) is 0 Å². The molecule has 0 bridgehead atoms. The third-order valence-corrected chi connectivity index (χ3v) is 3.48. The SMILES string of the molecule is CC(NC(=O)c1cn[nH]c1)C1CCCCC1. The van der Waals surface area contributed by atoms with Crippen LogP contribution in [-0.2, 0) is 0 Å². The van der Waals surface area contributed by atoms with E-state index < -0.39 is 0 Å². The Hall–Kier alpha value is -1.32. The number of nitrogens with zero attached hydrogens (tertiary/aromatic N) is 1. The van der Waals surface area contributed by atoms with E-state index in [1.54, 1.807) is 12.4 Å². The molecule has 1 aliphatic rings. The fourth-order valence-electron chi connectivity index (χ4n) is 2.42. The van der Waals surface area contributed by atoms with E-state index in [0.29, 0.717) is 11.5 Å². The van der Waals surface area contributed by atoms with Crippen molar-refractivity contribution < 1.29 is 4.79 Å². The Kier molecular flexibility index (Phi) is 3.59. The number of H-pyrrole nitrogens is 1. The summed E-state index contributed by atoms with van der Waals surface area (Å²) in [7, 11) is 0. The average molecular weight is 221 g/mol. The van der Waals surface area contributed by atoms with Gasteiger partial charge in [0.15, 0.2) is 0 Å². The van der Waals surface area contributed by atoms with E-state index in [0.717, 1.165) is 0 Å². The lowest BCUT2D eigenvalue weighted by Crippen LogP contribution is -2.38. The molecule has 0 saturated heterocycles. The van der Waals surface area contributed by atoms with Gasteiger partial charge in [-0.1, -0.05) is 19.3 Å². The summed E-state index contributed by atoms with van der Waals surface area (Å²) < 4.78 is 0. The maximum absolute atomic E-state index is 11.8. The van der Waals surface area contributed by atoms with Gasteiger partial charge in [0, 0.05) is 12.2 Å². The fraction of sp³-hybridized carbons (Fsp3) is 0.667. The molecule has 4 heteroatoms. The van der Waals surface area contributed by atoms with E-state index in [1.807, 2.05) is 0 Å². The Morgan fingerprint density at radius 2 is 2.25 bits per heavy atom. The lowest BCUT2D eigenvalue weighted by atomic mass is 9.84. The number of aromatic nitrogens is 2. The molecule has 1 aromatic heterocycles. The van der Waals surface area contributed by atoms with Gasteiger partial charge in [-0.3, -0.25) is 9.89 Å². The van der Waals surface area contributed by atoms with Crippen molar-refractivity contribution in [2.45, 2.75) is 45.1 Å². The Morgan fingerprint density at radius 3 is 2.88 bits per heavy atom. The second-order valence-electron chi connectivity index (χ2n) is 4.65. The Labute approximate surface area is 95.8 Å². The summed E-state index contributed by atoms with van der Waals surface area (Å²) in [6.45, 7) is 2.11. The molecule has 1 fully saturated rings. The van der Waals surface area contributed by atoms with E-state index >= 15 is 0 Å². The molecule has 0 aliphatic heterocycles. The second kappa shape index (κ2) is 5.14. The quantitative estimate of drug-likeness (QED) is 0.821. The largest absolute Gasteiger partial charge is 0.349 e. The highest BCUT2D eigenvalue weighted by molar-refractivity contribution is 5.93. The van der Waals surface area contributed by atoms with Gasteiger partial charge in [0.25, 0.3) is 5.91 Å². The predicted octanol–water partition coefficient (Wildman–Crippen LogP) is 2.11. The number of nitrogens with one attached hydrogen (secondary N) is 2. The van der Waals surface area contributed by atoms with Gasteiger partial charge in [0.2, 0.25) is 0 Å². The molecule has 2 rings (SSSR count). The molecule has 2 N–H and O–H groups in total. The van der Waals surface area contributed by atoms with E-state index in [9.17, 15) is 4.79 Å². The standard InChI is InChI=1S/C12H19N3O/c1-9(10-5-3-2-4-6-10)15-12(16)11-7-13-14-8-11/h7-10H,2-6H2,1H3,(H,13,14)(H,15,16). The third-order valence-electron chi connectivity index (χ3n) is 3.48. The van der Waals surface area contributed by atoms with Gasteiger partial charge >= 0.3 is 0 Å². The van der Waals surface area contributed by atoms with Gasteiger partial charge in [0.05, 0.1) is 11.8 Å². The van der Waals surface area contributed by atoms with Crippen LogP contribution in [0.5, 0.6) is 0 Å². The minimum absolute atomic E-state index is 0.0215. The molecule has 88 valence electrons. The van der Waals surface area contributed by atoms with Gasteiger partial charge in [-0.2, -0.15) is 5.10 Å². The zero-order chi connectivity index (χ0) is 11.4. The van der Waals surface area contributed by atoms with Crippen LogP contribution in [0.15, 0.2) is 12.4 Å². The molecular weight excluding hydrogens is 202 g/mol. The molecule has 0 spiro atoms. The molecule has 1 aromatic rings. The smallest absolute Gasteiger partial charge is 0.254 e. The summed E-state index contributed by atoms with van der Waals surface area (Å²) >= 11 is 0. The summed E-state index contributed by atoms with van der Waals surface area (Å²) in [5.74, 6) is 0.622. The molecule has 4 nitrogen and oxygen atoms in total. The van der Waals surface area contributed by atoms with Crippen molar-refractivity contribution in [2.75, 3.05) is 0 Å². The van der Waals surface area contributed by atoms with Crippen LogP contribution >= 0.6 is 0 Å². The summed E-state index contributed by atoms with van der Waals surface area (Å²) in [6, 6.07) is 0.266. The van der Waals surface area contributed by atoms with Crippen molar-refractivity contribution in [1.82, 2.24) is 15.5 Å². The molecule has 1 aliphatic carbocycles. The zero-order valence-corrected chi connectivity index (χ0v) is 9.70. The number of carbonyl (C=O) groups excluding carboxylic acids is 1. The normalized spacial score (nSPS) is 19.3. The number of amides is 1. The molecule has 0 radical (unpaired) electrons. The minimum atomic E-state index is -0.0215. The van der Waals surface area contributed by atoms with Crippen LogP contribution in [0.2, 0.25) is 0 Å². The van der Waals surface area contributed by atoms with Crippen LogP contribution in [0.4, 0.5) is 0 Å². The number of rotatable bonds is 3. The molecule has 16 heavy (non-hydrogen) atoms. The van der Waals surface area contributed by atoms with Gasteiger partial charge in [0.1, 0.15) is 0 Å². The van der Waals surface area contributed by atoms with Gasteiger partial charge in [-0.25, -0.2) is 0 Å². The number of hydrogen-bond donors (Lipinski definition) is 2. The molecule has 1 unspecified atom stereocenters. The Bertz CT molecular complexity index is 328. The van der Waals surface area contributed by atoms with Crippen molar-refractivity contribution in [1.29, 1.82) is 0 Å². The topological polar surface area (TPSA) is 57.8 Å². The number of aromatic amines is 1. The highest BCUT2D eigenvalue weighted by Gasteiger charge is 2.21. The first-order valence-corrected chi connectivity index (χ1v) is 6.07. The van der Waals surface area contributed by atoms with Crippen molar-refractivity contribution >= 4 is 5.91 Å². The molecule has 1 amide bonds. The lowest BCUT2D eigenvalue weighted by molar-refractivity contribution is 0.0919. The van der Waals surface area contributed by atoms with Gasteiger partial charge in [-0.15, -0.1) is 0 Å². The summed E-state index contributed by atoms with van der Waals surface area (Å²) in [5.41, 5.74) is 0.614. The molecular formula is C12H19N3O. The van der Waals surface area contributed by atoms with E-state index in [4.69, 9.17) is 0 Å². The monoisotopic (exact) mass is 221 g/mol. The fourth-order valence-corrected chi connectivity index (χ4v) is 2.42. The zero-order valence-electron chi connectivity index (χ0n) is 9.70. The van der Waals surface area contributed by atoms with Crippen molar-refractivity contribution in [3.8, 4) is 0 Å². The summed E-state index contributed by atoms with van der Waals surface area (Å²) in [6.07, 6.45) is 9.62. The summed E-state index contributed by atoms with van der Waals surface area (Å²) in [4.78, 5) is 11.8. The van der Waals surface area contributed by atoms with Crippen molar-refractivity contribution in [2.24, 2.45) is 5.92 Å². The van der Waals surface area contributed by atoms with Crippen LogP contribution in [0, 0.1) is 5.92 Å². The predicted molar refractivity (Wildman–Crippen MR) is 62.1 cm³/mol.